The number of hydrogen-bond donors (Lipinski definition) is 1. The van der Waals surface area contributed by atoms with Crippen molar-refractivity contribution in [2.45, 2.75) is 38.6 Å². The summed E-state index contributed by atoms with van der Waals surface area (Å²) in [5.74, 6) is 0.666. The molecule has 0 bridgehead atoms. The Morgan fingerprint density at radius 2 is 2.00 bits per heavy atom. The maximum atomic E-state index is 12.5. The van der Waals surface area contributed by atoms with E-state index < -0.39 is 12.3 Å². The third kappa shape index (κ3) is 5.93. The second kappa shape index (κ2) is 8.24. The van der Waals surface area contributed by atoms with Crippen LogP contribution in [0.25, 0.3) is 0 Å². The van der Waals surface area contributed by atoms with E-state index in [0.29, 0.717) is 12.3 Å². The highest BCUT2D eigenvalue weighted by Gasteiger charge is 2.37. The molecule has 0 aliphatic carbocycles. The lowest BCUT2D eigenvalue weighted by Crippen LogP contribution is -2.33. The first-order chi connectivity index (χ1) is 9.88. The quantitative estimate of drug-likeness (QED) is 0.794. The molecule has 0 aliphatic heterocycles. The first kappa shape index (κ1) is 17.8. The van der Waals surface area contributed by atoms with Crippen molar-refractivity contribution >= 4 is 0 Å². The molecule has 2 unspecified atom stereocenters. The predicted molar refractivity (Wildman–Crippen MR) is 75.5 cm³/mol. The highest BCUT2D eigenvalue weighted by Crippen LogP contribution is 2.25. The first-order valence-electron chi connectivity index (χ1n) is 6.94. The average Bonchev–Trinajstić information content (AvgIpc) is 2.46. The molecule has 0 saturated heterocycles. The molecule has 0 aromatic heterocycles. The van der Waals surface area contributed by atoms with Crippen molar-refractivity contribution in [2.75, 3.05) is 20.3 Å². The molecule has 6 heteroatoms. The van der Waals surface area contributed by atoms with Crippen LogP contribution in [-0.2, 0) is 4.74 Å². The Hall–Kier alpha value is -1.27. The lowest BCUT2D eigenvalue weighted by molar-refractivity contribution is -0.215. The molecule has 0 amide bonds. The van der Waals surface area contributed by atoms with Gasteiger partial charge in [0.1, 0.15) is 5.75 Å². The molecule has 21 heavy (non-hydrogen) atoms. The van der Waals surface area contributed by atoms with Crippen molar-refractivity contribution in [3.63, 3.8) is 0 Å². The third-order valence-electron chi connectivity index (χ3n) is 3.11. The van der Waals surface area contributed by atoms with E-state index in [1.54, 1.807) is 19.2 Å². The Labute approximate surface area is 123 Å². The summed E-state index contributed by atoms with van der Waals surface area (Å²) in [6.07, 6.45) is -5.24. The highest BCUT2D eigenvalue weighted by atomic mass is 19.4. The van der Waals surface area contributed by atoms with E-state index in [0.717, 1.165) is 18.9 Å². The molecular formula is C15H22F3NO2. The van der Waals surface area contributed by atoms with Crippen molar-refractivity contribution in [1.82, 2.24) is 5.32 Å². The van der Waals surface area contributed by atoms with E-state index in [-0.39, 0.29) is 12.6 Å². The first-order valence-corrected chi connectivity index (χ1v) is 6.94. The number of ether oxygens (including phenoxy) is 2. The van der Waals surface area contributed by atoms with Gasteiger partial charge in [-0.1, -0.05) is 19.1 Å². The van der Waals surface area contributed by atoms with Gasteiger partial charge in [-0.2, -0.15) is 13.2 Å². The van der Waals surface area contributed by atoms with Crippen LogP contribution in [0.3, 0.4) is 0 Å². The molecule has 0 radical (unpaired) electrons. The second-order valence-electron chi connectivity index (χ2n) is 4.80. The Morgan fingerprint density at radius 3 is 2.57 bits per heavy atom. The summed E-state index contributed by atoms with van der Waals surface area (Å²) < 4.78 is 47.6. The van der Waals surface area contributed by atoms with Crippen LogP contribution >= 0.6 is 0 Å². The monoisotopic (exact) mass is 305 g/mol. The number of methoxy groups -OCH3 is 1. The summed E-state index contributed by atoms with van der Waals surface area (Å²) >= 11 is 0. The van der Waals surface area contributed by atoms with Gasteiger partial charge in [-0.3, -0.25) is 0 Å². The van der Waals surface area contributed by atoms with Crippen molar-refractivity contribution < 1.29 is 22.6 Å². The van der Waals surface area contributed by atoms with Gasteiger partial charge < -0.3 is 14.8 Å². The molecule has 3 nitrogen and oxygen atoms in total. The number of nitrogens with one attached hydrogen (secondary N) is 1. The van der Waals surface area contributed by atoms with Gasteiger partial charge >= 0.3 is 6.18 Å². The standard InChI is InChI=1S/C15H22F3NO2/c1-4-8-19-14(10-21-11(2)15(16,17)18)12-6-5-7-13(9-12)20-3/h5-7,9,11,14,19H,4,8,10H2,1-3H3. The molecular weight excluding hydrogens is 283 g/mol. The zero-order valence-electron chi connectivity index (χ0n) is 12.5. The molecule has 120 valence electrons. The molecule has 0 aliphatic rings. The lowest BCUT2D eigenvalue weighted by Gasteiger charge is -2.23. The van der Waals surface area contributed by atoms with Crippen LogP contribution in [0.2, 0.25) is 0 Å². The van der Waals surface area contributed by atoms with Crippen LogP contribution in [0.15, 0.2) is 24.3 Å². The van der Waals surface area contributed by atoms with E-state index in [1.165, 1.54) is 0 Å². The summed E-state index contributed by atoms with van der Waals surface area (Å²) in [5.41, 5.74) is 0.845. The Kier molecular flexibility index (Phi) is 6.98. The van der Waals surface area contributed by atoms with E-state index >= 15 is 0 Å². The van der Waals surface area contributed by atoms with Crippen LogP contribution in [0, 0.1) is 0 Å². The summed E-state index contributed by atoms with van der Waals surface area (Å²) in [6, 6.07) is 6.94. The smallest absolute Gasteiger partial charge is 0.414 e. The molecule has 0 saturated carbocycles. The zero-order valence-corrected chi connectivity index (χ0v) is 12.5. The van der Waals surface area contributed by atoms with Gasteiger partial charge in [-0.15, -0.1) is 0 Å². The normalized spacial score (nSPS) is 14.8. The van der Waals surface area contributed by atoms with Gasteiger partial charge in [-0.05, 0) is 37.6 Å². The second-order valence-corrected chi connectivity index (χ2v) is 4.80. The van der Waals surface area contributed by atoms with Gasteiger partial charge in [0.05, 0.1) is 19.8 Å². The minimum absolute atomic E-state index is 0.0478. The number of halogens is 3. The topological polar surface area (TPSA) is 30.5 Å². The summed E-state index contributed by atoms with van der Waals surface area (Å²) in [7, 11) is 1.55. The summed E-state index contributed by atoms with van der Waals surface area (Å²) in [5, 5.41) is 3.20. The van der Waals surface area contributed by atoms with Crippen LogP contribution < -0.4 is 10.1 Å². The minimum Gasteiger partial charge on any atom is -0.497 e. The van der Waals surface area contributed by atoms with Gasteiger partial charge in [0.15, 0.2) is 6.10 Å². The Bertz CT molecular complexity index is 424. The number of benzene rings is 1. The average molecular weight is 305 g/mol. The molecule has 2 atom stereocenters. The third-order valence-corrected chi connectivity index (χ3v) is 3.11. The molecule has 1 aromatic rings. The Balaban J connectivity index is 2.75. The molecule has 1 aromatic carbocycles. The minimum atomic E-state index is -4.34. The molecule has 0 spiro atoms. The maximum Gasteiger partial charge on any atom is 0.414 e. The van der Waals surface area contributed by atoms with Gasteiger partial charge in [0.25, 0.3) is 0 Å². The fourth-order valence-electron chi connectivity index (χ4n) is 1.78. The summed E-state index contributed by atoms with van der Waals surface area (Å²) in [4.78, 5) is 0. The fraction of sp³-hybridized carbons (Fsp3) is 0.600. The number of hydrogen-bond acceptors (Lipinski definition) is 3. The van der Waals surface area contributed by atoms with Gasteiger partial charge in [0.2, 0.25) is 0 Å². The van der Waals surface area contributed by atoms with E-state index in [9.17, 15) is 13.2 Å². The molecule has 0 heterocycles. The van der Waals surface area contributed by atoms with Crippen LogP contribution in [0.5, 0.6) is 5.75 Å². The van der Waals surface area contributed by atoms with E-state index in [1.807, 2.05) is 19.1 Å². The largest absolute Gasteiger partial charge is 0.497 e. The molecule has 0 fully saturated rings. The van der Waals surface area contributed by atoms with Crippen molar-refractivity contribution in [2.24, 2.45) is 0 Å². The van der Waals surface area contributed by atoms with E-state index in [4.69, 9.17) is 9.47 Å². The van der Waals surface area contributed by atoms with Crippen LogP contribution in [-0.4, -0.2) is 32.5 Å². The van der Waals surface area contributed by atoms with Crippen LogP contribution in [0.4, 0.5) is 13.2 Å². The van der Waals surface area contributed by atoms with E-state index in [2.05, 4.69) is 5.32 Å². The van der Waals surface area contributed by atoms with Gasteiger partial charge in [0, 0.05) is 0 Å². The van der Waals surface area contributed by atoms with Gasteiger partial charge in [-0.25, -0.2) is 0 Å². The molecule has 1 rings (SSSR count). The highest BCUT2D eigenvalue weighted by molar-refractivity contribution is 5.30. The number of rotatable bonds is 8. The van der Waals surface area contributed by atoms with Crippen molar-refractivity contribution in [1.29, 1.82) is 0 Å². The Morgan fingerprint density at radius 1 is 1.29 bits per heavy atom. The van der Waals surface area contributed by atoms with Crippen molar-refractivity contribution in [3.05, 3.63) is 29.8 Å². The number of alkyl halides is 3. The predicted octanol–water partition coefficient (Wildman–Crippen LogP) is 3.70. The lowest BCUT2D eigenvalue weighted by atomic mass is 10.1. The molecule has 1 N–H and O–H groups in total. The fourth-order valence-corrected chi connectivity index (χ4v) is 1.78. The van der Waals surface area contributed by atoms with Crippen LogP contribution in [0.1, 0.15) is 31.9 Å². The van der Waals surface area contributed by atoms with Crippen molar-refractivity contribution in [3.8, 4) is 5.75 Å². The SMILES string of the molecule is CCCNC(COC(C)C(F)(F)F)c1cccc(OC)c1. The maximum absolute atomic E-state index is 12.5. The zero-order chi connectivity index (χ0) is 15.9. The summed E-state index contributed by atoms with van der Waals surface area (Å²) in [6.45, 7) is 3.66.